The first-order valence-corrected chi connectivity index (χ1v) is 4.53. The Morgan fingerprint density at radius 1 is 1.64 bits per heavy atom. The van der Waals surface area contributed by atoms with Crippen LogP contribution >= 0.6 is 0 Å². The molecule has 0 aliphatic carbocycles. The van der Waals surface area contributed by atoms with Gasteiger partial charge >= 0.3 is 0 Å². The van der Waals surface area contributed by atoms with Crippen LogP contribution in [0.4, 0.5) is 0 Å². The summed E-state index contributed by atoms with van der Waals surface area (Å²) >= 11 is 0. The fourth-order valence-electron chi connectivity index (χ4n) is 0.980. The lowest BCUT2D eigenvalue weighted by Gasteiger charge is -1.95. The number of hydrogen-bond donors (Lipinski definition) is 2. The summed E-state index contributed by atoms with van der Waals surface area (Å²) in [6.45, 7) is 2.53. The van der Waals surface area contributed by atoms with Crippen molar-refractivity contribution < 1.29 is 9.32 Å². The molecule has 0 unspecified atom stereocenters. The van der Waals surface area contributed by atoms with Crippen LogP contribution in [0, 0.1) is 0 Å². The van der Waals surface area contributed by atoms with Crippen molar-refractivity contribution in [3.05, 3.63) is 11.7 Å². The molecule has 14 heavy (non-hydrogen) atoms. The van der Waals surface area contributed by atoms with Crippen molar-refractivity contribution in [1.82, 2.24) is 15.5 Å². The van der Waals surface area contributed by atoms with Crippen molar-refractivity contribution in [3.63, 3.8) is 0 Å². The zero-order valence-electron chi connectivity index (χ0n) is 8.12. The highest BCUT2D eigenvalue weighted by Gasteiger charge is 2.04. The molecule has 0 saturated carbocycles. The van der Waals surface area contributed by atoms with Crippen LogP contribution in [0.3, 0.4) is 0 Å². The van der Waals surface area contributed by atoms with E-state index in [1.165, 1.54) is 0 Å². The number of carbonyl (C=O) groups excluding carboxylic acids is 1. The second-order valence-corrected chi connectivity index (χ2v) is 2.92. The van der Waals surface area contributed by atoms with Gasteiger partial charge in [0.2, 0.25) is 11.8 Å². The second kappa shape index (κ2) is 5.33. The summed E-state index contributed by atoms with van der Waals surface area (Å²) in [5, 5.41) is 6.55. The molecule has 1 rings (SSSR count). The van der Waals surface area contributed by atoms with Gasteiger partial charge < -0.3 is 10.3 Å². The molecule has 6 heteroatoms. The minimum atomic E-state index is -0.404. The molecular weight excluding hydrogens is 184 g/mol. The number of aromatic nitrogens is 2. The number of nitrogens with one attached hydrogen (secondary N) is 1. The lowest BCUT2D eigenvalue weighted by atomic mass is 10.3. The smallest absolute Gasteiger partial charge is 0.240 e. The lowest BCUT2D eigenvalue weighted by molar-refractivity contribution is -0.117. The van der Waals surface area contributed by atoms with Gasteiger partial charge in [-0.25, -0.2) is 0 Å². The predicted octanol–water partition coefficient (Wildman–Crippen LogP) is -0.403. The largest absolute Gasteiger partial charge is 0.369 e. The molecule has 1 amide bonds. The SMILES string of the molecule is CCCc1noc(CNCC(N)=O)n1. The summed E-state index contributed by atoms with van der Waals surface area (Å²) in [6, 6.07) is 0. The van der Waals surface area contributed by atoms with E-state index in [1.54, 1.807) is 0 Å². The van der Waals surface area contributed by atoms with E-state index in [0.717, 1.165) is 12.8 Å². The molecule has 6 nitrogen and oxygen atoms in total. The predicted molar refractivity (Wildman–Crippen MR) is 49.2 cm³/mol. The molecule has 0 aliphatic rings. The number of nitrogens with zero attached hydrogens (tertiary/aromatic N) is 2. The van der Waals surface area contributed by atoms with Crippen molar-refractivity contribution in [2.45, 2.75) is 26.3 Å². The van der Waals surface area contributed by atoms with E-state index in [4.69, 9.17) is 10.3 Å². The van der Waals surface area contributed by atoms with Gasteiger partial charge in [0.25, 0.3) is 0 Å². The van der Waals surface area contributed by atoms with Crippen LogP contribution in [0.5, 0.6) is 0 Å². The van der Waals surface area contributed by atoms with Crippen LogP contribution in [-0.4, -0.2) is 22.6 Å². The van der Waals surface area contributed by atoms with Gasteiger partial charge in [-0.3, -0.25) is 10.1 Å². The fraction of sp³-hybridized carbons (Fsp3) is 0.625. The number of primary amides is 1. The van der Waals surface area contributed by atoms with Crippen LogP contribution < -0.4 is 11.1 Å². The van der Waals surface area contributed by atoms with Gasteiger partial charge in [-0.05, 0) is 6.42 Å². The second-order valence-electron chi connectivity index (χ2n) is 2.92. The molecule has 1 aromatic rings. The van der Waals surface area contributed by atoms with Crippen molar-refractivity contribution in [3.8, 4) is 0 Å². The number of carbonyl (C=O) groups is 1. The van der Waals surface area contributed by atoms with E-state index in [0.29, 0.717) is 18.3 Å². The Morgan fingerprint density at radius 2 is 2.43 bits per heavy atom. The Balaban J connectivity index is 2.32. The Labute approximate surface area is 81.9 Å². The van der Waals surface area contributed by atoms with E-state index in [9.17, 15) is 4.79 Å². The number of hydrogen-bond acceptors (Lipinski definition) is 5. The van der Waals surface area contributed by atoms with Gasteiger partial charge in [0, 0.05) is 6.42 Å². The highest BCUT2D eigenvalue weighted by atomic mass is 16.5. The third-order valence-electron chi connectivity index (χ3n) is 1.56. The maximum absolute atomic E-state index is 10.4. The molecule has 0 bridgehead atoms. The van der Waals surface area contributed by atoms with Crippen molar-refractivity contribution in [2.75, 3.05) is 6.54 Å². The van der Waals surface area contributed by atoms with E-state index in [-0.39, 0.29) is 6.54 Å². The van der Waals surface area contributed by atoms with Gasteiger partial charge in [0.05, 0.1) is 13.1 Å². The summed E-state index contributed by atoms with van der Waals surface area (Å²) in [5.41, 5.74) is 4.94. The molecule has 0 aromatic carbocycles. The number of aryl methyl sites for hydroxylation is 1. The quantitative estimate of drug-likeness (QED) is 0.648. The van der Waals surface area contributed by atoms with Crippen LogP contribution in [-0.2, 0) is 17.8 Å². The maximum Gasteiger partial charge on any atom is 0.240 e. The van der Waals surface area contributed by atoms with Gasteiger partial charge in [-0.1, -0.05) is 12.1 Å². The van der Waals surface area contributed by atoms with Crippen molar-refractivity contribution in [2.24, 2.45) is 5.73 Å². The fourth-order valence-corrected chi connectivity index (χ4v) is 0.980. The average molecular weight is 198 g/mol. The number of amides is 1. The monoisotopic (exact) mass is 198 g/mol. The van der Waals surface area contributed by atoms with E-state index < -0.39 is 5.91 Å². The van der Waals surface area contributed by atoms with E-state index in [2.05, 4.69) is 15.5 Å². The molecule has 78 valence electrons. The van der Waals surface area contributed by atoms with Gasteiger partial charge in [0.15, 0.2) is 5.82 Å². The first-order valence-electron chi connectivity index (χ1n) is 4.53. The Bertz CT molecular complexity index is 297. The van der Waals surface area contributed by atoms with Crippen molar-refractivity contribution in [1.29, 1.82) is 0 Å². The van der Waals surface area contributed by atoms with Crippen LogP contribution in [0.1, 0.15) is 25.1 Å². The minimum Gasteiger partial charge on any atom is -0.369 e. The third-order valence-corrected chi connectivity index (χ3v) is 1.56. The van der Waals surface area contributed by atoms with Gasteiger partial charge in [-0.2, -0.15) is 4.98 Å². The Morgan fingerprint density at radius 3 is 3.07 bits per heavy atom. The standard InChI is InChI=1S/C8H14N4O2/c1-2-3-7-11-8(14-12-7)5-10-4-6(9)13/h10H,2-5H2,1H3,(H2,9,13). The lowest BCUT2D eigenvalue weighted by Crippen LogP contribution is -2.28. The molecule has 1 heterocycles. The summed E-state index contributed by atoms with van der Waals surface area (Å²) in [5.74, 6) is 0.774. The maximum atomic E-state index is 10.4. The molecule has 0 saturated heterocycles. The first-order chi connectivity index (χ1) is 6.72. The summed E-state index contributed by atoms with van der Waals surface area (Å²) in [7, 11) is 0. The zero-order valence-corrected chi connectivity index (χ0v) is 8.12. The number of rotatable bonds is 6. The molecule has 0 aliphatic heterocycles. The molecular formula is C8H14N4O2. The average Bonchev–Trinajstić information content (AvgIpc) is 2.53. The summed E-state index contributed by atoms with van der Waals surface area (Å²) in [6.07, 6.45) is 1.78. The normalized spacial score (nSPS) is 10.4. The molecule has 0 radical (unpaired) electrons. The summed E-state index contributed by atoms with van der Waals surface area (Å²) < 4.78 is 4.92. The third kappa shape index (κ3) is 3.53. The first kappa shape index (κ1) is 10.6. The molecule has 1 aromatic heterocycles. The van der Waals surface area contributed by atoms with Crippen LogP contribution in [0.25, 0.3) is 0 Å². The Kier molecular flexibility index (Phi) is 4.06. The van der Waals surface area contributed by atoms with Crippen LogP contribution in [0.15, 0.2) is 4.52 Å². The Hall–Kier alpha value is -1.43. The minimum absolute atomic E-state index is 0.117. The molecule has 0 fully saturated rings. The number of nitrogens with two attached hydrogens (primary N) is 1. The highest BCUT2D eigenvalue weighted by Crippen LogP contribution is 1.99. The topological polar surface area (TPSA) is 94.0 Å². The van der Waals surface area contributed by atoms with E-state index in [1.807, 2.05) is 6.92 Å². The highest BCUT2D eigenvalue weighted by molar-refractivity contribution is 5.75. The summed E-state index contributed by atoms with van der Waals surface area (Å²) in [4.78, 5) is 14.5. The van der Waals surface area contributed by atoms with Gasteiger partial charge in [0.1, 0.15) is 0 Å². The van der Waals surface area contributed by atoms with Gasteiger partial charge in [-0.15, -0.1) is 0 Å². The van der Waals surface area contributed by atoms with Crippen molar-refractivity contribution >= 4 is 5.91 Å². The molecule has 3 N–H and O–H groups in total. The van der Waals surface area contributed by atoms with E-state index >= 15 is 0 Å². The molecule has 0 atom stereocenters. The molecule has 0 spiro atoms. The zero-order chi connectivity index (χ0) is 10.4. The van der Waals surface area contributed by atoms with Crippen LogP contribution in [0.2, 0.25) is 0 Å².